The first kappa shape index (κ1) is 12.2. The summed E-state index contributed by atoms with van der Waals surface area (Å²) in [6.45, 7) is -0.374. The number of nitro groups is 1. The molecule has 0 aromatic heterocycles. The lowest BCUT2D eigenvalue weighted by molar-refractivity contribution is -0.636. The number of hydrogen-bond acceptors (Lipinski definition) is 5. The first-order chi connectivity index (χ1) is 8.51. The van der Waals surface area contributed by atoms with Crippen molar-refractivity contribution in [1.29, 1.82) is 0 Å². The van der Waals surface area contributed by atoms with Gasteiger partial charge in [-0.25, -0.2) is 23.5 Å². The van der Waals surface area contributed by atoms with E-state index in [2.05, 4.69) is 4.99 Å². The second-order valence-electron chi connectivity index (χ2n) is 3.47. The van der Waals surface area contributed by atoms with Crippen LogP contribution in [0.25, 0.3) is 0 Å². The van der Waals surface area contributed by atoms with Gasteiger partial charge in [0.15, 0.2) is 10.1 Å². The third-order valence-corrected chi connectivity index (χ3v) is 4.08. The average molecular weight is 267 g/mol. The van der Waals surface area contributed by atoms with Crippen LogP contribution in [0.15, 0.2) is 52.6 Å². The van der Waals surface area contributed by atoms with E-state index in [9.17, 15) is 18.5 Å². The maximum absolute atomic E-state index is 12.1. The van der Waals surface area contributed by atoms with Crippen molar-refractivity contribution < 1.29 is 13.5 Å². The Bertz CT molecular complexity index is 622. The molecule has 1 aliphatic heterocycles. The Morgan fingerprint density at radius 2 is 1.94 bits per heavy atom. The molecule has 0 saturated carbocycles. The van der Waals surface area contributed by atoms with E-state index in [-0.39, 0.29) is 16.5 Å². The number of benzene rings is 1. The topological polar surface area (TPSA) is 92.9 Å². The highest BCUT2D eigenvalue weighted by molar-refractivity contribution is 8.06. The minimum absolute atomic E-state index is 0.0716. The van der Waals surface area contributed by atoms with Gasteiger partial charge in [-0.2, -0.15) is 0 Å². The van der Waals surface area contributed by atoms with Gasteiger partial charge in [-0.1, -0.05) is 23.2 Å². The smallest absolute Gasteiger partial charge is 0.221 e. The third kappa shape index (κ3) is 2.23. The highest BCUT2D eigenvalue weighted by Gasteiger charge is 2.28. The molecule has 0 amide bonds. The zero-order valence-corrected chi connectivity index (χ0v) is 9.95. The predicted octanol–water partition coefficient (Wildman–Crippen LogP) is 0.837. The summed E-state index contributed by atoms with van der Waals surface area (Å²) in [5.74, 6) is 0. The van der Waals surface area contributed by atoms with Gasteiger partial charge >= 0.3 is 0 Å². The number of hydrogen-bond donors (Lipinski definition) is 0. The molecule has 8 heteroatoms. The minimum Gasteiger partial charge on any atom is -0.245 e. The van der Waals surface area contributed by atoms with Crippen LogP contribution in [-0.4, -0.2) is 30.0 Å². The molecular formula is C10H9N3O4S. The first-order valence-corrected chi connectivity index (χ1v) is 6.44. The lowest BCUT2D eigenvalue weighted by atomic mass is 10.4. The fourth-order valence-electron chi connectivity index (χ4n) is 1.43. The predicted molar refractivity (Wildman–Crippen MR) is 63.9 cm³/mol. The van der Waals surface area contributed by atoms with E-state index >= 15 is 0 Å². The van der Waals surface area contributed by atoms with Crippen LogP contribution in [-0.2, 0) is 9.84 Å². The van der Waals surface area contributed by atoms with E-state index in [4.69, 9.17) is 0 Å². The van der Waals surface area contributed by atoms with Gasteiger partial charge in [-0.15, -0.1) is 0 Å². The van der Waals surface area contributed by atoms with Crippen molar-refractivity contribution in [3.8, 4) is 0 Å². The fourth-order valence-corrected chi connectivity index (χ4v) is 2.72. The Kier molecular flexibility index (Phi) is 3.11. The van der Waals surface area contributed by atoms with Crippen LogP contribution in [0, 0.1) is 10.1 Å². The quantitative estimate of drug-likeness (QED) is 0.584. The Labute approximate surface area is 103 Å². The number of sulfone groups is 1. The molecule has 2 rings (SSSR count). The fraction of sp³-hybridized carbons (Fsp3) is 0.100. The monoisotopic (exact) mass is 267 g/mol. The Morgan fingerprint density at radius 1 is 1.28 bits per heavy atom. The van der Waals surface area contributed by atoms with E-state index in [1.807, 2.05) is 0 Å². The van der Waals surface area contributed by atoms with Crippen molar-refractivity contribution in [3.63, 3.8) is 0 Å². The van der Waals surface area contributed by atoms with Crippen molar-refractivity contribution in [3.05, 3.63) is 52.8 Å². The van der Waals surface area contributed by atoms with Gasteiger partial charge in [0.05, 0.1) is 17.3 Å². The Morgan fingerprint density at radius 3 is 2.56 bits per heavy atom. The largest absolute Gasteiger partial charge is 0.245 e. The van der Waals surface area contributed by atoms with Gasteiger partial charge in [0.1, 0.15) is 6.54 Å². The molecule has 0 atom stereocenters. The van der Waals surface area contributed by atoms with Crippen molar-refractivity contribution >= 4 is 14.9 Å². The van der Waals surface area contributed by atoms with Gasteiger partial charge in [0.2, 0.25) is 9.84 Å². The first-order valence-electron chi connectivity index (χ1n) is 4.96. The standard InChI is InChI=1S/C10H9N3O4S/c14-13(15)12-7-6-11-10(8-12)18(16,17)9-4-2-1-3-5-9/h1-7H,8H2. The maximum Gasteiger partial charge on any atom is 0.221 e. The van der Waals surface area contributed by atoms with Crippen molar-refractivity contribution in [1.82, 2.24) is 5.01 Å². The Balaban J connectivity index is 2.36. The molecule has 1 aliphatic rings. The van der Waals surface area contributed by atoms with Crippen LogP contribution >= 0.6 is 0 Å². The molecule has 0 radical (unpaired) electrons. The van der Waals surface area contributed by atoms with Gasteiger partial charge < -0.3 is 0 Å². The number of nitrogens with zero attached hydrogens (tertiary/aromatic N) is 3. The summed E-state index contributed by atoms with van der Waals surface area (Å²) in [6, 6.07) is 7.69. The van der Waals surface area contributed by atoms with Gasteiger partial charge in [-0.3, -0.25) is 0 Å². The second-order valence-corrected chi connectivity index (χ2v) is 5.42. The number of hydrazine groups is 1. The molecule has 94 valence electrons. The highest BCUT2D eigenvalue weighted by atomic mass is 32.2. The summed E-state index contributed by atoms with van der Waals surface area (Å²) in [5.41, 5.74) is 0. The van der Waals surface area contributed by atoms with Crippen LogP contribution in [0.1, 0.15) is 0 Å². The normalized spacial score (nSPS) is 15.3. The van der Waals surface area contributed by atoms with Gasteiger partial charge in [0, 0.05) is 0 Å². The average Bonchev–Trinajstić information content (AvgIpc) is 2.40. The molecule has 1 aromatic carbocycles. The second kappa shape index (κ2) is 4.57. The number of rotatable bonds is 2. The Hall–Kier alpha value is -2.22. The molecule has 0 saturated heterocycles. The molecular weight excluding hydrogens is 258 g/mol. The van der Waals surface area contributed by atoms with Crippen LogP contribution in [0.4, 0.5) is 0 Å². The molecule has 0 bridgehead atoms. The van der Waals surface area contributed by atoms with Gasteiger partial charge in [0.25, 0.3) is 0 Å². The van der Waals surface area contributed by atoms with Crippen LogP contribution in [0.3, 0.4) is 0 Å². The molecule has 1 heterocycles. The maximum atomic E-state index is 12.1. The molecule has 0 fully saturated rings. The summed E-state index contributed by atoms with van der Waals surface area (Å²) in [5, 5.41) is 10.3. The van der Waals surface area contributed by atoms with Crippen molar-refractivity contribution in [2.45, 2.75) is 4.90 Å². The number of aliphatic imine (C=N–C) groups is 1. The lowest BCUT2D eigenvalue weighted by Gasteiger charge is -2.14. The third-order valence-electron chi connectivity index (χ3n) is 2.33. The van der Waals surface area contributed by atoms with Crippen molar-refractivity contribution in [2.75, 3.05) is 6.54 Å². The molecule has 1 aromatic rings. The van der Waals surface area contributed by atoms with E-state index in [1.54, 1.807) is 18.2 Å². The molecule has 0 unspecified atom stereocenters. The summed E-state index contributed by atoms with van der Waals surface area (Å²) in [4.78, 5) is 14.4. The minimum atomic E-state index is -3.78. The van der Waals surface area contributed by atoms with Gasteiger partial charge in [-0.05, 0) is 12.1 Å². The molecule has 0 spiro atoms. The summed E-state index contributed by atoms with van der Waals surface area (Å²) < 4.78 is 24.3. The molecule has 7 nitrogen and oxygen atoms in total. The van der Waals surface area contributed by atoms with E-state index in [1.165, 1.54) is 12.1 Å². The lowest BCUT2D eigenvalue weighted by Crippen LogP contribution is -2.35. The molecule has 0 aliphatic carbocycles. The van der Waals surface area contributed by atoms with Crippen LogP contribution in [0.5, 0.6) is 0 Å². The zero-order chi connectivity index (χ0) is 13.2. The van der Waals surface area contributed by atoms with E-state index in [0.717, 1.165) is 12.4 Å². The van der Waals surface area contributed by atoms with Crippen LogP contribution in [0.2, 0.25) is 0 Å². The highest BCUT2D eigenvalue weighted by Crippen LogP contribution is 2.15. The van der Waals surface area contributed by atoms with E-state index < -0.39 is 14.9 Å². The summed E-state index contributed by atoms with van der Waals surface area (Å²) in [6.07, 6.45) is 2.21. The van der Waals surface area contributed by atoms with Crippen LogP contribution < -0.4 is 0 Å². The molecule has 0 N–H and O–H groups in total. The summed E-state index contributed by atoms with van der Waals surface area (Å²) in [7, 11) is -3.78. The van der Waals surface area contributed by atoms with E-state index in [0.29, 0.717) is 5.01 Å². The zero-order valence-electron chi connectivity index (χ0n) is 9.13. The van der Waals surface area contributed by atoms with Crippen molar-refractivity contribution in [2.24, 2.45) is 4.99 Å². The summed E-state index contributed by atoms with van der Waals surface area (Å²) >= 11 is 0. The SMILES string of the molecule is O=[N+]([O-])N1C=CN=C(S(=O)(=O)c2ccccc2)C1. The molecule has 18 heavy (non-hydrogen) atoms.